The van der Waals surface area contributed by atoms with Gasteiger partial charge in [0.2, 0.25) is 5.91 Å². The maximum atomic E-state index is 12.5. The second-order valence-electron chi connectivity index (χ2n) is 7.14. The summed E-state index contributed by atoms with van der Waals surface area (Å²) < 4.78 is 1.18. The predicted octanol–water partition coefficient (Wildman–Crippen LogP) is 4.76. The third kappa shape index (κ3) is 4.21. The van der Waals surface area contributed by atoms with Crippen LogP contribution in [-0.4, -0.2) is 29.4 Å². The second kappa shape index (κ2) is 8.09. The van der Waals surface area contributed by atoms with Gasteiger partial charge in [-0.2, -0.15) is 0 Å². The van der Waals surface area contributed by atoms with E-state index in [0.717, 1.165) is 16.1 Å². The van der Waals surface area contributed by atoms with Crippen LogP contribution in [0.1, 0.15) is 23.5 Å². The minimum Gasteiger partial charge on any atom is -0.348 e. The molecule has 1 amide bonds. The van der Waals surface area contributed by atoms with Crippen molar-refractivity contribution in [1.82, 2.24) is 15.2 Å². The van der Waals surface area contributed by atoms with E-state index in [1.807, 2.05) is 49.2 Å². The highest BCUT2D eigenvalue weighted by atomic mass is 32.1. The third-order valence-corrected chi connectivity index (χ3v) is 5.83. The van der Waals surface area contributed by atoms with E-state index < -0.39 is 0 Å². The Morgan fingerprint density at radius 2 is 1.82 bits per heavy atom. The van der Waals surface area contributed by atoms with Crippen LogP contribution in [0.5, 0.6) is 0 Å². The molecule has 4 aromatic rings. The summed E-state index contributed by atoms with van der Waals surface area (Å²) in [6.07, 6.45) is 0. The molecule has 0 aliphatic rings. The summed E-state index contributed by atoms with van der Waals surface area (Å²) in [7, 11) is 1.95. The zero-order valence-electron chi connectivity index (χ0n) is 16.1. The molecule has 0 radical (unpaired) electrons. The first-order valence-corrected chi connectivity index (χ1v) is 10.2. The van der Waals surface area contributed by atoms with Crippen molar-refractivity contribution >= 4 is 38.2 Å². The van der Waals surface area contributed by atoms with Crippen molar-refractivity contribution < 1.29 is 4.79 Å². The SMILES string of the molecule is CC(NC(=O)CN(C)Cc1nc2ccccc2s1)c1ccc2ccccc2c1. The zero-order chi connectivity index (χ0) is 19.5. The topological polar surface area (TPSA) is 45.2 Å². The number of nitrogens with zero attached hydrogens (tertiary/aromatic N) is 2. The number of aromatic nitrogens is 1. The van der Waals surface area contributed by atoms with Crippen molar-refractivity contribution in [2.75, 3.05) is 13.6 Å². The molecule has 1 unspecified atom stereocenters. The van der Waals surface area contributed by atoms with E-state index in [0.29, 0.717) is 13.1 Å². The molecular weight excluding hydrogens is 366 g/mol. The molecule has 4 nitrogen and oxygen atoms in total. The van der Waals surface area contributed by atoms with E-state index in [2.05, 4.69) is 46.7 Å². The average molecular weight is 390 g/mol. The molecular formula is C23H23N3OS. The first kappa shape index (κ1) is 18.6. The summed E-state index contributed by atoms with van der Waals surface area (Å²) in [5.41, 5.74) is 2.13. The Kier molecular flexibility index (Phi) is 5.37. The number of para-hydroxylation sites is 1. The van der Waals surface area contributed by atoms with E-state index in [1.165, 1.54) is 15.5 Å². The van der Waals surface area contributed by atoms with Crippen LogP contribution < -0.4 is 5.32 Å². The molecule has 0 spiro atoms. The Balaban J connectivity index is 1.35. The molecule has 1 heterocycles. The number of hydrogen-bond acceptors (Lipinski definition) is 4. The second-order valence-corrected chi connectivity index (χ2v) is 8.26. The van der Waals surface area contributed by atoms with Crippen LogP contribution in [0.3, 0.4) is 0 Å². The van der Waals surface area contributed by atoms with E-state index >= 15 is 0 Å². The quantitative estimate of drug-likeness (QED) is 0.517. The normalized spacial score (nSPS) is 12.5. The molecule has 28 heavy (non-hydrogen) atoms. The zero-order valence-corrected chi connectivity index (χ0v) is 16.9. The Bertz CT molecular complexity index is 1090. The van der Waals surface area contributed by atoms with Gasteiger partial charge in [0.15, 0.2) is 0 Å². The number of benzene rings is 3. The predicted molar refractivity (Wildman–Crippen MR) is 116 cm³/mol. The van der Waals surface area contributed by atoms with Crippen molar-refractivity contribution in [3.05, 3.63) is 77.3 Å². The van der Waals surface area contributed by atoms with Gasteiger partial charge in [0.1, 0.15) is 5.01 Å². The number of carbonyl (C=O) groups is 1. The van der Waals surface area contributed by atoms with E-state index in [-0.39, 0.29) is 11.9 Å². The van der Waals surface area contributed by atoms with Crippen molar-refractivity contribution in [1.29, 1.82) is 0 Å². The molecule has 1 aromatic heterocycles. The van der Waals surface area contributed by atoms with Crippen molar-refractivity contribution in [3.63, 3.8) is 0 Å². The third-order valence-electron chi connectivity index (χ3n) is 4.81. The number of amides is 1. The molecule has 142 valence electrons. The molecule has 0 saturated heterocycles. The van der Waals surface area contributed by atoms with Crippen molar-refractivity contribution in [2.24, 2.45) is 0 Å². The van der Waals surface area contributed by atoms with Gasteiger partial charge in [-0.05, 0) is 48.5 Å². The van der Waals surface area contributed by atoms with Gasteiger partial charge >= 0.3 is 0 Å². The average Bonchev–Trinajstić information content (AvgIpc) is 3.09. The molecule has 0 aliphatic heterocycles. The van der Waals surface area contributed by atoms with Crippen LogP contribution in [0.15, 0.2) is 66.7 Å². The highest BCUT2D eigenvalue weighted by molar-refractivity contribution is 7.18. The maximum absolute atomic E-state index is 12.5. The Morgan fingerprint density at radius 3 is 2.64 bits per heavy atom. The minimum atomic E-state index is -0.0343. The Labute approximate surface area is 168 Å². The minimum absolute atomic E-state index is 0.0178. The van der Waals surface area contributed by atoms with Gasteiger partial charge in [0, 0.05) is 0 Å². The van der Waals surface area contributed by atoms with Gasteiger partial charge in [-0.15, -0.1) is 11.3 Å². The first-order valence-electron chi connectivity index (χ1n) is 9.39. The number of hydrogen-bond donors (Lipinski definition) is 1. The fourth-order valence-corrected chi connectivity index (χ4v) is 4.41. The van der Waals surface area contributed by atoms with Crippen LogP contribution in [0.2, 0.25) is 0 Å². The van der Waals surface area contributed by atoms with Crippen LogP contribution in [0, 0.1) is 0 Å². The number of carbonyl (C=O) groups excluding carboxylic acids is 1. The number of thiazole rings is 1. The molecule has 4 rings (SSSR count). The lowest BCUT2D eigenvalue weighted by Gasteiger charge is -2.19. The Hall–Kier alpha value is -2.76. The highest BCUT2D eigenvalue weighted by Gasteiger charge is 2.13. The van der Waals surface area contributed by atoms with Gasteiger partial charge in [-0.3, -0.25) is 9.69 Å². The summed E-state index contributed by atoms with van der Waals surface area (Å²) in [6, 6.07) is 22.7. The van der Waals surface area contributed by atoms with Crippen LogP contribution in [0.4, 0.5) is 0 Å². The highest BCUT2D eigenvalue weighted by Crippen LogP contribution is 2.23. The van der Waals surface area contributed by atoms with Crippen LogP contribution in [0.25, 0.3) is 21.0 Å². The lowest BCUT2D eigenvalue weighted by atomic mass is 10.0. The van der Waals surface area contributed by atoms with Gasteiger partial charge in [-0.1, -0.05) is 48.5 Å². The van der Waals surface area contributed by atoms with Crippen LogP contribution in [-0.2, 0) is 11.3 Å². The number of likely N-dealkylation sites (N-methyl/N-ethyl adjacent to an activating group) is 1. The largest absolute Gasteiger partial charge is 0.348 e. The van der Waals surface area contributed by atoms with E-state index in [9.17, 15) is 4.79 Å². The summed E-state index contributed by atoms with van der Waals surface area (Å²) in [5.74, 6) is 0.0178. The van der Waals surface area contributed by atoms with Crippen LogP contribution >= 0.6 is 11.3 Å². The summed E-state index contributed by atoms with van der Waals surface area (Å²) in [4.78, 5) is 19.1. The first-order chi connectivity index (χ1) is 13.6. The molecule has 1 atom stereocenters. The fourth-order valence-electron chi connectivity index (χ4n) is 3.37. The molecule has 0 bridgehead atoms. The van der Waals surface area contributed by atoms with Gasteiger partial charge in [0.05, 0.1) is 29.3 Å². The number of rotatable bonds is 6. The monoisotopic (exact) mass is 389 g/mol. The molecule has 5 heteroatoms. The fraction of sp³-hybridized carbons (Fsp3) is 0.217. The molecule has 0 saturated carbocycles. The smallest absolute Gasteiger partial charge is 0.234 e. The van der Waals surface area contributed by atoms with Gasteiger partial charge in [0.25, 0.3) is 0 Å². The maximum Gasteiger partial charge on any atom is 0.234 e. The van der Waals surface area contributed by atoms with Gasteiger partial charge in [-0.25, -0.2) is 4.98 Å². The Morgan fingerprint density at radius 1 is 1.07 bits per heavy atom. The molecule has 3 aromatic carbocycles. The lowest BCUT2D eigenvalue weighted by molar-refractivity contribution is -0.122. The van der Waals surface area contributed by atoms with Crippen molar-refractivity contribution in [2.45, 2.75) is 19.5 Å². The van der Waals surface area contributed by atoms with Crippen molar-refractivity contribution in [3.8, 4) is 0 Å². The molecule has 0 aliphatic carbocycles. The van der Waals surface area contributed by atoms with E-state index in [1.54, 1.807) is 11.3 Å². The number of nitrogens with one attached hydrogen (secondary N) is 1. The molecule has 1 N–H and O–H groups in total. The standard InChI is InChI=1S/C23H23N3OS/c1-16(18-12-11-17-7-3-4-8-19(17)13-18)24-22(27)14-26(2)15-23-25-20-9-5-6-10-21(20)28-23/h3-13,16H,14-15H2,1-2H3,(H,24,27). The summed E-state index contributed by atoms with van der Waals surface area (Å²) in [6.45, 7) is 3.03. The summed E-state index contributed by atoms with van der Waals surface area (Å²) in [5, 5.41) is 6.53. The summed E-state index contributed by atoms with van der Waals surface area (Å²) >= 11 is 1.68. The lowest BCUT2D eigenvalue weighted by Crippen LogP contribution is -2.36. The van der Waals surface area contributed by atoms with E-state index in [4.69, 9.17) is 0 Å². The molecule has 0 fully saturated rings. The number of fused-ring (bicyclic) bond motifs is 2. The van der Waals surface area contributed by atoms with Gasteiger partial charge < -0.3 is 5.32 Å².